The highest BCUT2D eigenvalue weighted by Gasteiger charge is 2.31. The third-order valence-corrected chi connectivity index (χ3v) is 4.77. The van der Waals surface area contributed by atoms with Gasteiger partial charge >= 0.3 is 0 Å². The summed E-state index contributed by atoms with van der Waals surface area (Å²) in [5, 5.41) is 9.20. The number of nitrogens with zero attached hydrogens (tertiary/aromatic N) is 1. The minimum Gasteiger partial charge on any atom is -0.395 e. The van der Waals surface area contributed by atoms with Gasteiger partial charge in [0, 0.05) is 19.1 Å². The van der Waals surface area contributed by atoms with Crippen LogP contribution in [0.4, 0.5) is 0 Å². The molecule has 1 heterocycles. The molecule has 0 aromatic heterocycles. The molecule has 0 spiro atoms. The summed E-state index contributed by atoms with van der Waals surface area (Å²) in [5.41, 5.74) is 0. The Hall–Kier alpha value is -0.170. The van der Waals surface area contributed by atoms with Crippen molar-refractivity contribution < 1.29 is 13.5 Å². The average molecular weight is 264 g/mol. The third kappa shape index (κ3) is 4.54. The maximum Gasteiger partial charge on any atom is 0.279 e. The van der Waals surface area contributed by atoms with Crippen LogP contribution in [0.3, 0.4) is 0 Å². The maximum absolute atomic E-state index is 12.0. The molecule has 1 atom stereocenters. The van der Waals surface area contributed by atoms with Crippen molar-refractivity contribution in [3.05, 3.63) is 0 Å². The van der Waals surface area contributed by atoms with Crippen LogP contribution in [0.25, 0.3) is 0 Å². The zero-order chi connectivity index (χ0) is 12.9. The molecule has 0 aromatic carbocycles. The van der Waals surface area contributed by atoms with Gasteiger partial charge in [-0.25, -0.2) is 4.72 Å². The monoisotopic (exact) mass is 264 g/mol. The summed E-state index contributed by atoms with van der Waals surface area (Å²) in [6.07, 6.45) is 3.45. The number of aliphatic hydroxyl groups is 1. The van der Waals surface area contributed by atoms with Gasteiger partial charge in [-0.15, -0.1) is 0 Å². The Kier molecular flexibility index (Phi) is 5.85. The van der Waals surface area contributed by atoms with Crippen molar-refractivity contribution in [2.45, 2.75) is 45.6 Å². The predicted molar refractivity (Wildman–Crippen MR) is 67.8 cm³/mol. The number of hydrogen-bond acceptors (Lipinski definition) is 3. The van der Waals surface area contributed by atoms with Crippen molar-refractivity contribution in [1.82, 2.24) is 9.03 Å². The van der Waals surface area contributed by atoms with Gasteiger partial charge in [0.15, 0.2) is 0 Å². The number of hydrogen-bond donors (Lipinski definition) is 2. The van der Waals surface area contributed by atoms with E-state index in [0.29, 0.717) is 19.0 Å². The first kappa shape index (κ1) is 14.9. The highest BCUT2D eigenvalue weighted by Crippen LogP contribution is 2.19. The molecule has 1 unspecified atom stereocenters. The zero-order valence-corrected chi connectivity index (χ0v) is 11.5. The molecule has 0 bridgehead atoms. The average Bonchev–Trinajstić information content (AvgIpc) is 2.28. The Bertz CT molecular complexity index is 317. The summed E-state index contributed by atoms with van der Waals surface area (Å²) in [5.74, 6) is 0.479. The van der Waals surface area contributed by atoms with E-state index in [1.165, 1.54) is 4.31 Å². The van der Waals surface area contributed by atoms with Gasteiger partial charge < -0.3 is 5.11 Å². The van der Waals surface area contributed by atoms with Crippen LogP contribution in [0.15, 0.2) is 0 Å². The molecule has 5 nitrogen and oxygen atoms in total. The fourth-order valence-corrected chi connectivity index (χ4v) is 3.51. The molecule has 1 aliphatic rings. The molecular formula is C11H24N2O3S. The lowest BCUT2D eigenvalue weighted by atomic mass is 10.1. The van der Waals surface area contributed by atoms with Crippen LogP contribution in [0.1, 0.15) is 39.5 Å². The molecule has 2 N–H and O–H groups in total. The summed E-state index contributed by atoms with van der Waals surface area (Å²) in [4.78, 5) is 0. The number of rotatable bonds is 6. The van der Waals surface area contributed by atoms with Gasteiger partial charge in [-0.3, -0.25) is 0 Å². The van der Waals surface area contributed by atoms with E-state index >= 15 is 0 Å². The maximum atomic E-state index is 12.0. The Morgan fingerprint density at radius 1 is 1.41 bits per heavy atom. The predicted octanol–water partition coefficient (Wildman–Crippen LogP) is 0.714. The van der Waals surface area contributed by atoms with Gasteiger partial charge in [0.25, 0.3) is 10.2 Å². The molecule has 0 radical (unpaired) electrons. The molecule has 6 heteroatoms. The lowest BCUT2D eigenvalue weighted by Crippen LogP contribution is -2.50. The second-order valence-electron chi connectivity index (χ2n) is 5.02. The minimum absolute atomic E-state index is 0.0922. The molecule has 1 saturated heterocycles. The molecular weight excluding hydrogens is 240 g/mol. The van der Waals surface area contributed by atoms with Crippen LogP contribution in [0.2, 0.25) is 0 Å². The van der Waals surface area contributed by atoms with E-state index in [4.69, 9.17) is 0 Å². The van der Waals surface area contributed by atoms with E-state index in [1.54, 1.807) is 0 Å². The van der Waals surface area contributed by atoms with E-state index in [2.05, 4.69) is 18.6 Å². The Morgan fingerprint density at radius 2 is 2.12 bits per heavy atom. The fourth-order valence-electron chi connectivity index (χ4n) is 2.03. The zero-order valence-electron chi connectivity index (χ0n) is 10.7. The second kappa shape index (κ2) is 6.68. The number of piperidine rings is 1. The standard InChI is InChI=1S/C11H24N2O3S/c1-10(2)6-7-12-17(15,16)13-8-4-3-5-11(13)9-14/h10-12,14H,3-9H2,1-2H3. The normalized spacial score (nSPS) is 23.2. The summed E-state index contributed by atoms with van der Waals surface area (Å²) < 4.78 is 28.1. The van der Waals surface area contributed by atoms with Crippen molar-refractivity contribution in [2.75, 3.05) is 19.7 Å². The van der Waals surface area contributed by atoms with Gasteiger partial charge in [-0.1, -0.05) is 20.3 Å². The second-order valence-corrected chi connectivity index (χ2v) is 6.73. The summed E-state index contributed by atoms with van der Waals surface area (Å²) in [6, 6.07) is -0.250. The molecule has 1 rings (SSSR count). The van der Waals surface area contributed by atoms with E-state index < -0.39 is 10.2 Å². The van der Waals surface area contributed by atoms with E-state index in [-0.39, 0.29) is 12.6 Å². The highest BCUT2D eigenvalue weighted by molar-refractivity contribution is 7.87. The molecule has 0 saturated carbocycles. The van der Waals surface area contributed by atoms with Gasteiger partial charge in [-0.05, 0) is 25.2 Å². The smallest absolute Gasteiger partial charge is 0.279 e. The van der Waals surface area contributed by atoms with Gasteiger partial charge in [0.1, 0.15) is 0 Å². The molecule has 1 fully saturated rings. The van der Waals surface area contributed by atoms with Gasteiger partial charge in [0.2, 0.25) is 0 Å². The van der Waals surface area contributed by atoms with Crippen molar-refractivity contribution >= 4 is 10.2 Å². The summed E-state index contributed by atoms with van der Waals surface area (Å²) in [7, 11) is -3.42. The van der Waals surface area contributed by atoms with Crippen molar-refractivity contribution in [3.8, 4) is 0 Å². The topological polar surface area (TPSA) is 69.6 Å². The number of aliphatic hydroxyl groups excluding tert-OH is 1. The van der Waals surface area contributed by atoms with Gasteiger partial charge in [0.05, 0.1) is 6.61 Å². The Labute approximate surface area is 104 Å². The molecule has 17 heavy (non-hydrogen) atoms. The molecule has 102 valence electrons. The van der Waals surface area contributed by atoms with Crippen molar-refractivity contribution in [1.29, 1.82) is 0 Å². The van der Waals surface area contributed by atoms with E-state index in [0.717, 1.165) is 25.7 Å². The first-order valence-electron chi connectivity index (χ1n) is 6.34. The molecule has 0 aromatic rings. The van der Waals surface area contributed by atoms with Crippen LogP contribution < -0.4 is 4.72 Å². The Balaban J connectivity index is 2.55. The highest BCUT2D eigenvalue weighted by atomic mass is 32.2. The van der Waals surface area contributed by atoms with Crippen LogP contribution in [-0.2, 0) is 10.2 Å². The van der Waals surface area contributed by atoms with Crippen LogP contribution in [0.5, 0.6) is 0 Å². The molecule has 1 aliphatic heterocycles. The molecule has 0 amide bonds. The summed E-state index contributed by atoms with van der Waals surface area (Å²) in [6.45, 7) is 5.01. The molecule has 0 aliphatic carbocycles. The Morgan fingerprint density at radius 3 is 2.71 bits per heavy atom. The third-order valence-electron chi connectivity index (χ3n) is 3.10. The number of nitrogens with one attached hydrogen (secondary N) is 1. The van der Waals surface area contributed by atoms with Crippen LogP contribution in [-0.4, -0.2) is 43.6 Å². The van der Waals surface area contributed by atoms with E-state index in [9.17, 15) is 13.5 Å². The first-order chi connectivity index (χ1) is 7.97. The minimum atomic E-state index is -3.42. The first-order valence-corrected chi connectivity index (χ1v) is 7.78. The van der Waals surface area contributed by atoms with Crippen molar-refractivity contribution in [2.24, 2.45) is 5.92 Å². The van der Waals surface area contributed by atoms with Gasteiger partial charge in [-0.2, -0.15) is 12.7 Å². The summed E-state index contributed by atoms with van der Waals surface area (Å²) >= 11 is 0. The lowest BCUT2D eigenvalue weighted by Gasteiger charge is -2.33. The van der Waals surface area contributed by atoms with E-state index in [1.807, 2.05) is 0 Å². The van der Waals surface area contributed by atoms with Crippen molar-refractivity contribution in [3.63, 3.8) is 0 Å². The van der Waals surface area contributed by atoms with Crippen LogP contribution in [0, 0.1) is 5.92 Å². The lowest BCUT2D eigenvalue weighted by molar-refractivity contribution is 0.154. The fraction of sp³-hybridized carbons (Fsp3) is 1.00. The largest absolute Gasteiger partial charge is 0.395 e. The SMILES string of the molecule is CC(C)CCNS(=O)(=O)N1CCCCC1CO. The van der Waals surface area contributed by atoms with Crippen LogP contribution >= 0.6 is 0 Å². The quantitative estimate of drug-likeness (QED) is 0.742.